The molecule has 1 saturated carbocycles. The molecular formula is C8H14O6. The lowest BCUT2D eigenvalue weighted by Gasteiger charge is -2.33. The zero-order valence-electron chi connectivity index (χ0n) is 7.93. The van der Waals surface area contributed by atoms with Crippen molar-refractivity contribution in [1.29, 1.82) is 0 Å². The number of hydrogen-bond acceptors (Lipinski definition) is 6. The van der Waals surface area contributed by atoms with Crippen LogP contribution in [0.25, 0.3) is 0 Å². The van der Waals surface area contributed by atoms with Crippen molar-refractivity contribution in [2.24, 2.45) is 0 Å². The second-order valence-electron chi connectivity index (χ2n) is 3.40. The average molecular weight is 206 g/mol. The van der Waals surface area contributed by atoms with Crippen LogP contribution < -0.4 is 0 Å². The molecule has 1 fully saturated rings. The molecule has 0 unspecified atom stereocenters. The van der Waals surface area contributed by atoms with Crippen molar-refractivity contribution in [1.82, 2.24) is 0 Å². The summed E-state index contributed by atoms with van der Waals surface area (Å²) in [6, 6.07) is 0. The highest BCUT2D eigenvalue weighted by Gasteiger charge is 2.39. The quantitative estimate of drug-likeness (QED) is 0.312. The summed E-state index contributed by atoms with van der Waals surface area (Å²) in [5.41, 5.74) is 0. The molecule has 0 radical (unpaired) electrons. The van der Waals surface area contributed by atoms with E-state index in [0.717, 1.165) is 0 Å². The molecule has 0 aromatic heterocycles. The first-order chi connectivity index (χ1) is 6.62. The maximum atomic E-state index is 10.6. The smallest absolute Gasteiger partial charge is 0.302 e. The Bertz CT molecular complexity index is 190. The molecule has 6 heteroatoms. The third-order valence-electron chi connectivity index (χ3n) is 2.36. The van der Waals surface area contributed by atoms with Crippen LogP contribution >= 0.6 is 0 Å². The molecule has 0 aromatic carbocycles. The minimum atomic E-state index is -1.35. The van der Waals surface area contributed by atoms with Gasteiger partial charge in [0.25, 0.3) is 0 Å². The summed E-state index contributed by atoms with van der Waals surface area (Å²) in [4.78, 5) is 18.8. The second kappa shape index (κ2) is 4.70. The van der Waals surface area contributed by atoms with E-state index < -0.39 is 5.79 Å². The maximum Gasteiger partial charge on any atom is 0.302 e. The van der Waals surface area contributed by atoms with Crippen LogP contribution in [-0.4, -0.2) is 28.4 Å². The molecule has 6 nitrogen and oxygen atoms in total. The number of carbonyl (C=O) groups is 1. The van der Waals surface area contributed by atoms with Gasteiger partial charge in [0.05, 0.1) is 0 Å². The fourth-order valence-corrected chi connectivity index (χ4v) is 1.58. The molecule has 0 amide bonds. The highest BCUT2D eigenvalue weighted by molar-refractivity contribution is 5.66. The first-order valence-electron chi connectivity index (χ1n) is 4.44. The SMILES string of the molecule is CC(=O)OC1CCC(OO)(OO)CC1. The second-order valence-corrected chi connectivity index (χ2v) is 3.40. The van der Waals surface area contributed by atoms with Crippen LogP contribution in [0.4, 0.5) is 0 Å². The van der Waals surface area contributed by atoms with Crippen molar-refractivity contribution in [3.63, 3.8) is 0 Å². The van der Waals surface area contributed by atoms with Crippen molar-refractivity contribution < 1.29 is 29.8 Å². The van der Waals surface area contributed by atoms with Crippen LogP contribution in [0.3, 0.4) is 0 Å². The molecule has 1 aliphatic rings. The lowest BCUT2D eigenvalue weighted by molar-refractivity contribution is -0.493. The monoisotopic (exact) mass is 206 g/mol. The lowest BCUT2D eigenvalue weighted by Crippen LogP contribution is -2.40. The number of hydrogen-bond donors (Lipinski definition) is 2. The van der Waals surface area contributed by atoms with E-state index in [0.29, 0.717) is 12.8 Å². The first-order valence-corrected chi connectivity index (χ1v) is 4.44. The Morgan fingerprint density at radius 2 is 1.79 bits per heavy atom. The van der Waals surface area contributed by atoms with Crippen molar-refractivity contribution in [2.75, 3.05) is 0 Å². The standard InChI is InChI=1S/C8H14O6/c1-6(9)12-7-2-4-8(13-10,14-11)5-3-7/h7,10-11H,2-5H2,1H3. The molecule has 0 heterocycles. The van der Waals surface area contributed by atoms with Gasteiger partial charge in [-0.1, -0.05) is 0 Å². The molecule has 0 aliphatic heterocycles. The fourth-order valence-electron chi connectivity index (χ4n) is 1.58. The van der Waals surface area contributed by atoms with Crippen LogP contribution in [0.15, 0.2) is 0 Å². The molecule has 2 N–H and O–H groups in total. The number of esters is 1. The van der Waals surface area contributed by atoms with Gasteiger partial charge >= 0.3 is 5.97 Å². The highest BCUT2D eigenvalue weighted by Crippen LogP contribution is 2.32. The normalized spacial score (nSPS) is 21.9. The van der Waals surface area contributed by atoms with Gasteiger partial charge in [-0.15, -0.1) is 0 Å². The van der Waals surface area contributed by atoms with Gasteiger partial charge in [0, 0.05) is 19.8 Å². The number of rotatable bonds is 3. The summed E-state index contributed by atoms with van der Waals surface area (Å²) in [5, 5.41) is 17.0. The van der Waals surface area contributed by atoms with Gasteiger partial charge in [-0.2, -0.15) is 0 Å². The molecule has 82 valence electrons. The summed E-state index contributed by atoms with van der Waals surface area (Å²) in [6.45, 7) is 1.34. The van der Waals surface area contributed by atoms with E-state index >= 15 is 0 Å². The Labute approximate surface area is 81.2 Å². The summed E-state index contributed by atoms with van der Waals surface area (Å²) in [7, 11) is 0. The molecule has 0 atom stereocenters. The van der Waals surface area contributed by atoms with Gasteiger partial charge < -0.3 is 4.74 Å². The molecular weight excluding hydrogens is 192 g/mol. The van der Waals surface area contributed by atoms with Gasteiger partial charge in [0.2, 0.25) is 5.79 Å². The maximum absolute atomic E-state index is 10.6. The van der Waals surface area contributed by atoms with Gasteiger partial charge in [-0.25, -0.2) is 20.3 Å². The zero-order chi connectivity index (χ0) is 10.6. The molecule has 1 aliphatic carbocycles. The Balaban J connectivity index is 2.40. The van der Waals surface area contributed by atoms with Crippen molar-refractivity contribution in [3.8, 4) is 0 Å². The average Bonchev–Trinajstić information content (AvgIpc) is 2.19. The van der Waals surface area contributed by atoms with E-state index in [1.165, 1.54) is 6.92 Å². The van der Waals surface area contributed by atoms with E-state index in [1.807, 2.05) is 0 Å². The third kappa shape index (κ3) is 2.65. The molecule has 1 rings (SSSR count). The lowest BCUT2D eigenvalue weighted by atomic mass is 9.92. The largest absolute Gasteiger partial charge is 0.463 e. The van der Waals surface area contributed by atoms with Crippen LogP contribution in [-0.2, 0) is 19.3 Å². The summed E-state index contributed by atoms with van der Waals surface area (Å²) < 4.78 is 4.96. The van der Waals surface area contributed by atoms with Gasteiger partial charge in [-0.3, -0.25) is 4.79 Å². The van der Waals surface area contributed by atoms with Crippen LogP contribution in [0.5, 0.6) is 0 Å². The Morgan fingerprint density at radius 1 is 1.29 bits per heavy atom. The molecule has 0 spiro atoms. The van der Waals surface area contributed by atoms with E-state index in [9.17, 15) is 4.79 Å². The van der Waals surface area contributed by atoms with Gasteiger partial charge in [0.15, 0.2) is 0 Å². The Kier molecular flexibility index (Phi) is 3.82. The highest BCUT2D eigenvalue weighted by atomic mass is 17.2. The van der Waals surface area contributed by atoms with Crippen LogP contribution in [0, 0.1) is 0 Å². The van der Waals surface area contributed by atoms with E-state index in [-0.39, 0.29) is 24.9 Å². The fraction of sp³-hybridized carbons (Fsp3) is 0.875. The summed E-state index contributed by atoms with van der Waals surface area (Å²) in [5.74, 6) is -1.69. The van der Waals surface area contributed by atoms with E-state index in [2.05, 4.69) is 9.78 Å². The number of carbonyl (C=O) groups excluding carboxylic acids is 1. The van der Waals surface area contributed by atoms with Crippen LogP contribution in [0.1, 0.15) is 32.6 Å². The summed E-state index contributed by atoms with van der Waals surface area (Å²) in [6.07, 6.45) is 1.34. The zero-order valence-corrected chi connectivity index (χ0v) is 7.93. The van der Waals surface area contributed by atoms with Crippen molar-refractivity contribution >= 4 is 5.97 Å². The minimum absolute atomic E-state index is 0.189. The van der Waals surface area contributed by atoms with Gasteiger partial charge in [0.1, 0.15) is 6.10 Å². The summed E-state index contributed by atoms with van der Waals surface area (Å²) >= 11 is 0. The third-order valence-corrected chi connectivity index (χ3v) is 2.36. The first kappa shape index (κ1) is 11.4. The van der Waals surface area contributed by atoms with Crippen molar-refractivity contribution in [2.45, 2.75) is 44.5 Å². The topological polar surface area (TPSA) is 85.2 Å². The molecule has 14 heavy (non-hydrogen) atoms. The molecule has 0 aromatic rings. The van der Waals surface area contributed by atoms with Crippen LogP contribution in [0.2, 0.25) is 0 Å². The predicted molar refractivity (Wildman–Crippen MR) is 44.2 cm³/mol. The Hall–Kier alpha value is -0.690. The number of ether oxygens (including phenoxy) is 1. The minimum Gasteiger partial charge on any atom is -0.463 e. The Morgan fingerprint density at radius 3 is 2.14 bits per heavy atom. The van der Waals surface area contributed by atoms with Gasteiger partial charge in [-0.05, 0) is 12.8 Å². The van der Waals surface area contributed by atoms with Crippen molar-refractivity contribution in [3.05, 3.63) is 0 Å². The van der Waals surface area contributed by atoms with E-state index in [1.54, 1.807) is 0 Å². The molecule has 0 bridgehead atoms. The predicted octanol–water partition coefficient (Wildman–Crippen LogP) is 1.17. The molecule has 0 saturated heterocycles. The van der Waals surface area contributed by atoms with E-state index in [4.69, 9.17) is 15.3 Å².